The van der Waals surface area contributed by atoms with E-state index in [0.29, 0.717) is 54.1 Å². The van der Waals surface area contributed by atoms with Crippen LogP contribution in [0.15, 0.2) is 36.7 Å². The number of hydrogen-bond donors (Lipinski definition) is 0. The highest BCUT2D eigenvalue weighted by atomic mass is 19.3. The van der Waals surface area contributed by atoms with E-state index in [1.807, 2.05) is 22.7 Å². The average Bonchev–Trinajstić information content (AvgIpc) is 3.30. The van der Waals surface area contributed by atoms with Crippen LogP contribution in [0.1, 0.15) is 36.0 Å². The maximum atomic E-state index is 13.2. The van der Waals surface area contributed by atoms with E-state index in [-0.39, 0.29) is 22.8 Å². The number of nitrogens with zero attached hydrogens (tertiary/aromatic N) is 2. The number of halogens is 2. The minimum Gasteiger partial charge on any atom is -0.496 e. The van der Waals surface area contributed by atoms with Gasteiger partial charge in [-0.15, -0.1) is 0 Å². The molecule has 1 aromatic carbocycles. The van der Waals surface area contributed by atoms with Gasteiger partial charge in [-0.25, -0.2) is 4.98 Å². The lowest BCUT2D eigenvalue weighted by atomic mass is 10.00. The van der Waals surface area contributed by atoms with Gasteiger partial charge in [0.2, 0.25) is 0 Å². The van der Waals surface area contributed by atoms with Crippen molar-refractivity contribution in [1.82, 2.24) is 9.38 Å². The standard InChI is InChI=1S/C25H26F2N2O5/c1-31-21-9-17(10-22(34-25(26)27)24(21)20(30)8-15-2-3-15)19-12-28-23-11-18(4-6-29(19)23)33-14-16-5-7-32-13-16/h4,6,9-12,15-16,25H,2-3,5,7-8,13-14H2,1H3. The van der Waals surface area contributed by atoms with Gasteiger partial charge in [0.05, 0.1) is 32.2 Å². The Labute approximate surface area is 195 Å². The molecule has 1 saturated carbocycles. The zero-order valence-electron chi connectivity index (χ0n) is 18.8. The average molecular weight is 472 g/mol. The van der Waals surface area contributed by atoms with Gasteiger partial charge in [-0.05, 0) is 43.4 Å². The third kappa shape index (κ3) is 4.84. The molecule has 180 valence electrons. The number of benzene rings is 1. The first-order valence-electron chi connectivity index (χ1n) is 11.4. The highest BCUT2D eigenvalue weighted by Gasteiger charge is 2.30. The van der Waals surface area contributed by atoms with E-state index in [1.54, 1.807) is 12.3 Å². The molecule has 7 nitrogen and oxygen atoms in total. The molecule has 5 rings (SSSR count). The summed E-state index contributed by atoms with van der Waals surface area (Å²) >= 11 is 0. The van der Waals surface area contributed by atoms with E-state index in [9.17, 15) is 13.6 Å². The number of carbonyl (C=O) groups excluding carboxylic acids is 1. The molecule has 1 aliphatic carbocycles. The minimum absolute atomic E-state index is 0.0545. The first kappa shape index (κ1) is 22.6. The fraction of sp³-hybridized carbons (Fsp3) is 0.440. The molecule has 0 amide bonds. The van der Waals surface area contributed by atoms with Crippen LogP contribution in [0.5, 0.6) is 17.2 Å². The number of Topliss-reactive ketones (excluding diaryl/α,β-unsaturated/α-hetero) is 1. The van der Waals surface area contributed by atoms with Gasteiger partial charge in [0.1, 0.15) is 28.5 Å². The number of ether oxygens (including phenoxy) is 4. The largest absolute Gasteiger partial charge is 0.496 e. The van der Waals surface area contributed by atoms with Gasteiger partial charge < -0.3 is 18.9 Å². The van der Waals surface area contributed by atoms with E-state index >= 15 is 0 Å². The van der Waals surface area contributed by atoms with Gasteiger partial charge in [0.25, 0.3) is 0 Å². The van der Waals surface area contributed by atoms with Crippen LogP contribution in [0.4, 0.5) is 8.78 Å². The second kappa shape index (κ2) is 9.58. The Morgan fingerprint density at radius 3 is 2.74 bits per heavy atom. The Morgan fingerprint density at radius 2 is 2.03 bits per heavy atom. The second-order valence-corrected chi connectivity index (χ2v) is 8.78. The van der Waals surface area contributed by atoms with Crippen LogP contribution in [-0.2, 0) is 4.74 Å². The predicted molar refractivity (Wildman–Crippen MR) is 120 cm³/mol. The Balaban J connectivity index is 1.46. The maximum Gasteiger partial charge on any atom is 0.387 e. The van der Waals surface area contributed by atoms with Crippen LogP contribution in [-0.4, -0.2) is 48.7 Å². The molecule has 1 aliphatic heterocycles. The first-order chi connectivity index (χ1) is 16.5. The Morgan fingerprint density at radius 1 is 1.21 bits per heavy atom. The van der Waals surface area contributed by atoms with Crippen molar-refractivity contribution in [2.45, 2.75) is 32.3 Å². The number of ketones is 1. The highest BCUT2D eigenvalue weighted by molar-refractivity contribution is 6.02. The van der Waals surface area contributed by atoms with Crippen molar-refractivity contribution in [3.63, 3.8) is 0 Å². The Kier molecular flexibility index (Phi) is 6.36. The summed E-state index contributed by atoms with van der Waals surface area (Å²) in [6, 6.07) is 6.76. The number of alkyl halides is 2. The zero-order valence-corrected chi connectivity index (χ0v) is 18.8. The number of carbonyl (C=O) groups is 1. The highest BCUT2D eigenvalue weighted by Crippen LogP contribution is 2.40. The maximum absolute atomic E-state index is 13.2. The second-order valence-electron chi connectivity index (χ2n) is 8.78. The topological polar surface area (TPSA) is 71.3 Å². The molecule has 0 radical (unpaired) electrons. The fourth-order valence-electron chi connectivity index (χ4n) is 4.24. The van der Waals surface area contributed by atoms with Gasteiger partial charge in [0.15, 0.2) is 5.78 Å². The van der Waals surface area contributed by atoms with Crippen LogP contribution in [0, 0.1) is 11.8 Å². The summed E-state index contributed by atoms with van der Waals surface area (Å²) in [6.45, 7) is -1.02. The number of aromatic nitrogens is 2. The fourth-order valence-corrected chi connectivity index (χ4v) is 4.24. The van der Waals surface area contributed by atoms with Gasteiger partial charge in [0, 0.05) is 36.8 Å². The zero-order chi connectivity index (χ0) is 23.7. The lowest BCUT2D eigenvalue weighted by molar-refractivity contribution is -0.0502. The normalized spacial score (nSPS) is 17.9. The molecule has 0 N–H and O–H groups in total. The van der Waals surface area contributed by atoms with E-state index in [0.717, 1.165) is 25.9 Å². The molecular formula is C25H26F2N2O5. The molecule has 2 aromatic heterocycles. The summed E-state index contributed by atoms with van der Waals surface area (Å²) in [5.41, 5.74) is 1.88. The Bertz CT molecular complexity index is 1190. The summed E-state index contributed by atoms with van der Waals surface area (Å²) in [7, 11) is 1.41. The molecule has 3 heterocycles. The lowest BCUT2D eigenvalue weighted by Gasteiger charge is -2.16. The van der Waals surface area contributed by atoms with Crippen molar-refractivity contribution >= 4 is 11.4 Å². The monoisotopic (exact) mass is 472 g/mol. The van der Waals surface area contributed by atoms with Gasteiger partial charge >= 0.3 is 6.61 Å². The summed E-state index contributed by atoms with van der Waals surface area (Å²) in [5.74, 6) is 1.13. The quantitative estimate of drug-likeness (QED) is 0.387. The van der Waals surface area contributed by atoms with Gasteiger partial charge in [-0.3, -0.25) is 9.20 Å². The van der Waals surface area contributed by atoms with Crippen molar-refractivity contribution in [2.75, 3.05) is 26.9 Å². The summed E-state index contributed by atoms with van der Waals surface area (Å²) in [5, 5.41) is 0. The molecule has 2 aliphatic rings. The van der Waals surface area contributed by atoms with E-state index in [4.69, 9.17) is 18.9 Å². The first-order valence-corrected chi connectivity index (χ1v) is 11.4. The van der Waals surface area contributed by atoms with E-state index in [2.05, 4.69) is 4.98 Å². The SMILES string of the molecule is COc1cc(-c2cnc3cc(OCC4CCOC4)ccn23)cc(OC(F)F)c1C(=O)CC1CC1. The summed E-state index contributed by atoms with van der Waals surface area (Å²) < 4.78 is 49.7. The minimum atomic E-state index is -3.07. The predicted octanol–water partition coefficient (Wildman–Crippen LogP) is 5.01. The number of rotatable bonds is 10. The van der Waals surface area contributed by atoms with Crippen molar-refractivity contribution < 1.29 is 32.5 Å². The van der Waals surface area contributed by atoms with Crippen molar-refractivity contribution in [1.29, 1.82) is 0 Å². The summed E-state index contributed by atoms with van der Waals surface area (Å²) in [4.78, 5) is 17.3. The van der Waals surface area contributed by atoms with Crippen LogP contribution in [0.2, 0.25) is 0 Å². The Hall–Kier alpha value is -3.20. The molecule has 0 spiro atoms. The third-order valence-corrected chi connectivity index (χ3v) is 6.24. The summed E-state index contributed by atoms with van der Waals surface area (Å²) in [6.07, 6.45) is 6.67. The van der Waals surface area contributed by atoms with Crippen LogP contribution >= 0.6 is 0 Å². The van der Waals surface area contributed by atoms with E-state index < -0.39 is 6.61 Å². The number of imidazole rings is 1. The molecular weight excluding hydrogens is 446 g/mol. The van der Waals surface area contributed by atoms with Crippen LogP contribution < -0.4 is 14.2 Å². The van der Waals surface area contributed by atoms with Crippen molar-refractivity contribution in [2.24, 2.45) is 11.8 Å². The molecule has 1 unspecified atom stereocenters. The number of hydrogen-bond acceptors (Lipinski definition) is 6. The lowest BCUT2D eigenvalue weighted by Crippen LogP contribution is -2.11. The number of fused-ring (bicyclic) bond motifs is 1. The molecule has 0 bridgehead atoms. The molecule has 1 saturated heterocycles. The molecule has 3 aromatic rings. The van der Waals surface area contributed by atoms with Crippen LogP contribution in [0.25, 0.3) is 16.9 Å². The van der Waals surface area contributed by atoms with Gasteiger partial charge in [-0.1, -0.05) is 0 Å². The molecule has 1 atom stereocenters. The third-order valence-electron chi connectivity index (χ3n) is 6.24. The molecule has 34 heavy (non-hydrogen) atoms. The van der Waals surface area contributed by atoms with E-state index in [1.165, 1.54) is 13.2 Å². The van der Waals surface area contributed by atoms with Gasteiger partial charge in [-0.2, -0.15) is 8.78 Å². The number of methoxy groups -OCH3 is 1. The van der Waals surface area contributed by atoms with Crippen LogP contribution in [0.3, 0.4) is 0 Å². The number of pyridine rings is 1. The molecule has 9 heteroatoms. The van der Waals surface area contributed by atoms with Crippen molar-refractivity contribution in [3.05, 3.63) is 42.2 Å². The van der Waals surface area contributed by atoms with Crippen molar-refractivity contribution in [3.8, 4) is 28.5 Å². The molecule has 2 fully saturated rings. The smallest absolute Gasteiger partial charge is 0.387 e.